The number of nitrogens with zero attached hydrogens (tertiary/aromatic N) is 2. The van der Waals surface area contributed by atoms with Gasteiger partial charge in [0.1, 0.15) is 0 Å². The number of piperidine rings is 1. The lowest BCUT2D eigenvalue weighted by Gasteiger charge is -2.48. The Morgan fingerprint density at radius 2 is 2.00 bits per heavy atom. The number of ether oxygens (including phenoxy) is 2. The minimum atomic E-state index is -0.598. The molecular formula is C17H26N2O3. The van der Waals surface area contributed by atoms with Crippen LogP contribution in [0, 0.1) is 6.92 Å². The van der Waals surface area contributed by atoms with Gasteiger partial charge in [0.25, 0.3) is 0 Å². The van der Waals surface area contributed by atoms with Crippen molar-refractivity contribution in [2.24, 2.45) is 0 Å². The van der Waals surface area contributed by atoms with Crippen LogP contribution in [0.1, 0.15) is 38.3 Å². The van der Waals surface area contributed by atoms with Gasteiger partial charge in [-0.25, -0.2) is 4.98 Å². The van der Waals surface area contributed by atoms with Gasteiger partial charge in [0.15, 0.2) is 11.6 Å². The molecule has 1 atom stereocenters. The quantitative estimate of drug-likeness (QED) is 0.908. The van der Waals surface area contributed by atoms with Gasteiger partial charge in [0.05, 0.1) is 24.9 Å². The van der Waals surface area contributed by atoms with Crippen LogP contribution in [0.2, 0.25) is 0 Å². The van der Waals surface area contributed by atoms with E-state index in [1.807, 2.05) is 26.0 Å². The van der Waals surface area contributed by atoms with Crippen molar-refractivity contribution in [3.8, 4) is 5.75 Å². The number of rotatable bonds is 2. The zero-order valence-corrected chi connectivity index (χ0v) is 13.8. The molecule has 0 bridgehead atoms. The maximum absolute atomic E-state index is 10.4. The summed E-state index contributed by atoms with van der Waals surface area (Å²) in [6.07, 6.45) is 3.29. The molecule has 2 saturated heterocycles. The molecule has 5 heteroatoms. The Morgan fingerprint density at radius 1 is 1.27 bits per heavy atom. The third-order valence-corrected chi connectivity index (χ3v) is 4.92. The van der Waals surface area contributed by atoms with Crippen LogP contribution in [0.4, 0.5) is 5.82 Å². The number of hydrogen-bond acceptors (Lipinski definition) is 5. The molecule has 0 aromatic carbocycles. The molecule has 1 aromatic rings. The van der Waals surface area contributed by atoms with Gasteiger partial charge in [-0.15, -0.1) is 0 Å². The Balaban J connectivity index is 1.73. The number of hydrogen-bond donors (Lipinski definition) is 1. The van der Waals surface area contributed by atoms with Gasteiger partial charge in [0.2, 0.25) is 0 Å². The first-order chi connectivity index (χ1) is 10.4. The first-order valence-corrected chi connectivity index (χ1v) is 8.06. The van der Waals surface area contributed by atoms with Crippen LogP contribution in [0.5, 0.6) is 5.75 Å². The SMILES string of the molecule is COc1ccc(C)nc1N1CCC2(CC1)CC(C)(O)CCO2. The van der Waals surface area contributed by atoms with E-state index in [2.05, 4.69) is 9.88 Å². The van der Waals surface area contributed by atoms with Crippen molar-refractivity contribution in [3.63, 3.8) is 0 Å². The molecular weight excluding hydrogens is 280 g/mol. The molecule has 22 heavy (non-hydrogen) atoms. The second-order valence-corrected chi connectivity index (χ2v) is 6.92. The first-order valence-electron chi connectivity index (χ1n) is 8.06. The van der Waals surface area contributed by atoms with E-state index in [0.29, 0.717) is 6.61 Å². The van der Waals surface area contributed by atoms with Gasteiger partial charge in [-0.3, -0.25) is 0 Å². The van der Waals surface area contributed by atoms with E-state index >= 15 is 0 Å². The molecule has 0 radical (unpaired) electrons. The Hall–Kier alpha value is -1.33. The standard InChI is InChI=1S/C17H26N2O3/c1-13-4-5-14(21-3)15(18-13)19-9-6-17(7-10-19)12-16(2,20)8-11-22-17/h4-5,20H,6-12H2,1-3H3. The number of aryl methyl sites for hydroxylation is 1. The summed E-state index contributed by atoms with van der Waals surface area (Å²) >= 11 is 0. The molecule has 0 amide bonds. The molecule has 1 N–H and O–H groups in total. The molecule has 3 rings (SSSR count). The smallest absolute Gasteiger partial charge is 0.171 e. The maximum Gasteiger partial charge on any atom is 0.171 e. The first kappa shape index (κ1) is 15.6. The number of aromatic nitrogens is 1. The lowest BCUT2D eigenvalue weighted by Crippen LogP contribution is -2.53. The van der Waals surface area contributed by atoms with Crippen molar-refractivity contribution in [1.82, 2.24) is 4.98 Å². The lowest BCUT2D eigenvalue weighted by molar-refractivity contribution is -0.162. The Labute approximate surface area is 132 Å². The van der Waals surface area contributed by atoms with Crippen molar-refractivity contribution in [2.45, 2.75) is 50.7 Å². The van der Waals surface area contributed by atoms with Gasteiger partial charge in [-0.2, -0.15) is 0 Å². The molecule has 2 aliphatic rings. The molecule has 2 aliphatic heterocycles. The summed E-state index contributed by atoms with van der Waals surface area (Å²) in [4.78, 5) is 6.91. The molecule has 3 heterocycles. The molecule has 2 fully saturated rings. The Morgan fingerprint density at radius 3 is 2.64 bits per heavy atom. The molecule has 1 unspecified atom stereocenters. The van der Waals surface area contributed by atoms with Crippen LogP contribution in [0.15, 0.2) is 12.1 Å². The molecule has 122 valence electrons. The summed E-state index contributed by atoms with van der Waals surface area (Å²) < 4.78 is 11.5. The fourth-order valence-corrected chi connectivity index (χ4v) is 3.68. The average molecular weight is 306 g/mol. The highest BCUT2D eigenvalue weighted by atomic mass is 16.5. The minimum Gasteiger partial charge on any atom is -0.493 e. The third kappa shape index (κ3) is 3.06. The highest BCUT2D eigenvalue weighted by Crippen LogP contribution is 2.41. The van der Waals surface area contributed by atoms with Crippen LogP contribution < -0.4 is 9.64 Å². The van der Waals surface area contributed by atoms with Gasteiger partial charge in [-0.05, 0) is 45.2 Å². The van der Waals surface area contributed by atoms with Gasteiger partial charge in [0, 0.05) is 25.2 Å². The monoisotopic (exact) mass is 306 g/mol. The second kappa shape index (κ2) is 5.70. The van der Waals surface area contributed by atoms with E-state index in [9.17, 15) is 5.11 Å². The predicted molar refractivity (Wildman–Crippen MR) is 85.5 cm³/mol. The topological polar surface area (TPSA) is 54.8 Å². The van der Waals surface area contributed by atoms with Crippen molar-refractivity contribution >= 4 is 5.82 Å². The van der Waals surface area contributed by atoms with Gasteiger partial charge < -0.3 is 19.5 Å². The van der Waals surface area contributed by atoms with Crippen molar-refractivity contribution in [2.75, 3.05) is 31.7 Å². The summed E-state index contributed by atoms with van der Waals surface area (Å²) in [5.41, 5.74) is 0.225. The van der Waals surface area contributed by atoms with Crippen LogP contribution in [-0.4, -0.2) is 48.1 Å². The van der Waals surface area contributed by atoms with Crippen molar-refractivity contribution in [3.05, 3.63) is 17.8 Å². The number of aliphatic hydroxyl groups is 1. The largest absolute Gasteiger partial charge is 0.493 e. The normalized spacial score (nSPS) is 27.9. The number of anilines is 1. The highest BCUT2D eigenvalue weighted by molar-refractivity contribution is 5.53. The minimum absolute atomic E-state index is 0.171. The van der Waals surface area contributed by atoms with Crippen LogP contribution in [0.25, 0.3) is 0 Å². The van der Waals surface area contributed by atoms with E-state index < -0.39 is 5.60 Å². The summed E-state index contributed by atoms with van der Waals surface area (Å²) in [5, 5.41) is 10.4. The predicted octanol–water partition coefficient (Wildman–Crippen LogP) is 2.30. The number of pyridine rings is 1. The number of methoxy groups -OCH3 is 1. The maximum atomic E-state index is 10.4. The summed E-state index contributed by atoms with van der Waals surface area (Å²) in [5.74, 6) is 1.73. The summed E-state index contributed by atoms with van der Waals surface area (Å²) in [6.45, 7) is 6.33. The van der Waals surface area contributed by atoms with E-state index in [1.54, 1.807) is 7.11 Å². The molecule has 1 aromatic heterocycles. The molecule has 5 nitrogen and oxygen atoms in total. The highest BCUT2D eigenvalue weighted by Gasteiger charge is 2.44. The van der Waals surface area contributed by atoms with Crippen molar-refractivity contribution in [1.29, 1.82) is 0 Å². The average Bonchev–Trinajstić information content (AvgIpc) is 2.47. The van der Waals surface area contributed by atoms with Crippen LogP contribution in [-0.2, 0) is 4.74 Å². The van der Waals surface area contributed by atoms with Gasteiger partial charge in [-0.1, -0.05) is 0 Å². The van der Waals surface area contributed by atoms with E-state index in [0.717, 1.165) is 56.0 Å². The third-order valence-electron chi connectivity index (χ3n) is 4.92. The Bertz CT molecular complexity index is 537. The fourth-order valence-electron chi connectivity index (χ4n) is 3.68. The van der Waals surface area contributed by atoms with Crippen molar-refractivity contribution < 1.29 is 14.6 Å². The molecule has 0 aliphatic carbocycles. The molecule has 0 saturated carbocycles. The van der Waals surface area contributed by atoms with Gasteiger partial charge >= 0.3 is 0 Å². The molecule has 1 spiro atoms. The second-order valence-electron chi connectivity index (χ2n) is 6.92. The fraction of sp³-hybridized carbons (Fsp3) is 0.706. The lowest BCUT2D eigenvalue weighted by atomic mass is 9.78. The summed E-state index contributed by atoms with van der Waals surface area (Å²) in [6, 6.07) is 3.94. The Kier molecular flexibility index (Phi) is 4.03. The van der Waals surface area contributed by atoms with E-state index in [4.69, 9.17) is 9.47 Å². The zero-order valence-electron chi connectivity index (χ0n) is 13.8. The summed E-state index contributed by atoms with van der Waals surface area (Å²) in [7, 11) is 1.68. The van der Waals surface area contributed by atoms with Crippen LogP contribution >= 0.6 is 0 Å². The zero-order chi connectivity index (χ0) is 15.8. The van der Waals surface area contributed by atoms with E-state index in [-0.39, 0.29) is 5.60 Å². The van der Waals surface area contributed by atoms with Crippen LogP contribution in [0.3, 0.4) is 0 Å². The van der Waals surface area contributed by atoms with E-state index in [1.165, 1.54) is 0 Å².